The highest BCUT2D eigenvalue weighted by atomic mass is 32.1. The van der Waals surface area contributed by atoms with Crippen LogP contribution < -0.4 is 21.7 Å². The predicted octanol–water partition coefficient (Wildman–Crippen LogP) is 1.52. The maximum Gasteiger partial charge on any atom is 0.244 e. The number of aliphatic hydroxyl groups is 1. The van der Waals surface area contributed by atoms with E-state index in [1.165, 1.54) is 47.5 Å². The summed E-state index contributed by atoms with van der Waals surface area (Å²) in [5.41, 5.74) is 7.39. The van der Waals surface area contributed by atoms with Gasteiger partial charge in [-0.05, 0) is 72.5 Å². The van der Waals surface area contributed by atoms with Crippen molar-refractivity contribution < 1.29 is 38.6 Å². The van der Waals surface area contributed by atoms with Crippen LogP contribution in [0.4, 0.5) is 4.39 Å². The molecule has 0 unspecified atom stereocenters. The Labute approximate surface area is 288 Å². The Balaban J connectivity index is 1.49. The Bertz CT molecular complexity index is 1510. The number of nitrogens with zero attached hydrogens (tertiary/aromatic N) is 1. The minimum atomic E-state index is -1.18. The van der Waals surface area contributed by atoms with Gasteiger partial charge in [-0.15, -0.1) is 11.3 Å². The van der Waals surface area contributed by atoms with Gasteiger partial charge in [-0.25, -0.2) is 4.39 Å². The van der Waals surface area contributed by atoms with Gasteiger partial charge in [-0.2, -0.15) is 0 Å². The first-order valence-electron chi connectivity index (χ1n) is 15.9. The van der Waals surface area contributed by atoms with E-state index in [0.717, 1.165) is 10.4 Å². The Kier molecular flexibility index (Phi) is 15.8. The molecule has 0 aliphatic heterocycles. The van der Waals surface area contributed by atoms with Crippen LogP contribution in [0.5, 0.6) is 5.75 Å². The number of carbonyl (C=O) groups excluding carboxylic acids is 5. The third-order valence-corrected chi connectivity index (χ3v) is 8.80. The van der Waals surface area contributed by atoms with Gasteiger partial charge in [0.05, 0.1) is 18.7 Å². The zero-order chi connectivity index (χ0) is 35.8. The Morgan fingerprint density at radius 1 is 0.939 bits per heavy atom. The van der Waals surface area contributed by atoms with Crippen LogP contribution in [0.25, 0.3) is 0 Å². The summed E-state index contributed by atoms with van der Waals surface area (Å²) in [6, 6.07) is 11.7. The number of amides is 4. The lowest BCUT2D eigenvalue weighted by atomic mass is 10.0. The third-order valence-electron chi connectivity index (χ3n) is 7.90. The monoisotopic (exact) mass is 696 g/mol. The molecule has 0 saturated heterocycles. The third kappa shape index (κ3) is 13.0. The van der Waals surface area contributed by atoms with Crippen LogP contribution in [-0.4, -0.2) is 89.4 Å². The van der Waals surface area contributed by atoms with Crippen molar-refractivity contribution in [3.8, 4) is 5.75 Å². The van der Waals surface area contributed by atoms with E-state index in [1.54, 1.807) is 24.3 Å². The molecule has 0 spiro atoms. The van der Waals surface area contributed by atoms with E-state index < -0.39 is 48.5 Å². The Morgan fingerprint density at radius 2 is 1.63 bits per heavy atom. The average Bonchev–Trinajstić information content (AvgIpc) is 3.61. The molecule has 0 aliphatic carbocycles. The van der Waals surface area contributed by atoms with Crippen molar-refractivity contribution in [2.75, 3.05) is 20.2 Å². The number of nitrogens with two attached hydrogens (primary N) is 1. The fourth-order valence-corrected chi connectivity index (χ4v) is 5.73. The standard InChI is InChI=1S/C35H43FN5O7S/c1-41(32(45)16-11-23-7-12-25(36)13-8-23)31(19-24-9-14-27(44)15-10-24)35(48)39-26(21-42)5-2-3-17-38-34(47)30(22-43)40-33(46)29(37)20-28-6-4-18-49-28/h4,6-10,12-15,18,26,29-31,43-44H,2-3,5,11,16-17,19-20,22,37H2,1H3,(H,38,47)(H,39,48)(H,40,46)/t26-,29+,30+,31+/m1/s1. The van der Waals surface area contributed by atoms with Gasteiger partial charge in [-0.1, -0.05) is 30.3 Å². The Morgan fingerprint density at radius 3 is 2.27 bits per heavy atom. The molecule has 7 N–H and O–H groups in total. The lowest BCUT2D eigenvalue weighted by molar-refractivity contribution is -0.139. The summed E-state index contributed by atoms with van der Waals surface area (Å²) < 4.78 is 13.3. The summed E-state index contributed by atoms with van der Waals surface area (Å²) in [6.45, 7) is -0.438. The molecule has 0 saturated carbocycles. The molecular formula is C35H43FN5O7S. The molecule has 14 heteroatoms. The van der Waals surface area contributed by atoms with E-state index in [2.05, 4.69) is 16.0 Å². The summed E-state index contributed by atoms with van der Waals surface area (Å²) in [5.74, 6) is -2.38. The fraction of sp³-hybridized carbons (Fsp3) is 0.400. The van der Waals surface area contributed by atoms with Crippen LogP contribution in [0.2, 0.25) is 0 Å². The van der Waals surface area contributed by atoms with Gasteiger partial charge < -0.3 is 36.8 Å². The van der Waals surface area contributed by atoms with Gasteiger partial charge in [0.2, 0.25) is 29.9 Å². The average molecular weight is 697 g/mol. The molecule has 0 fully saturated rings. The summed E-state index contributed by atoms with van der Waals surface area (Å²) in [6.07, 6.45) is 3.69. The van der Waals surface area contributed by atoms with Gasteiger partial charge in [0.15, 0.2) is 0 Å². The van der Waals surface area contributed by atoms with E-state index in [9.17, 15) is 38.6 Å². The minimum absolute atomic E-state index is 0.0472. The summed E-state index contributed by atoms with van der Waals surface area (Å²) in [4.78, 5) is 65.6. The number of halogens is 1. The number of nitrogens with one attached hydrogen (secondary N) is 3. The maximum atomic E-state index is 13.5. The van der Waals surface area contributed by atoms with Crippen molar-refractivity contribution >= 4 is 41.3 Å². The molecule has 0 aliphatic rings. The molecule has 3 rings (SSSR count). The number of hydrogen-bond donors (Lipinski definition) is 6. The smallest absolute Gasteiger partial charge is 0.244 e. The summed E-state index contributed by atoms with van der Waals surface area (Å²) in [5, 5.41) is 28.9. The topological polar surface area (TPSA) is 191 Å². The zero-order valence-electron chi connectivity index (χ0n) is 27.3. The molecule has 0 bridgehead atoms. The molecule has 1 radical (unpaired) electrons. The number of phenolic OH excluding ortho intramolecular Hbond substituents is 1. The molecular weight excluding hydrogens is 653 g/mol. The first-order valence-corrected chi connectivity index (χ1v) is 16.8. The SMILES string of the molecule is CN(C(=O)CCc1ccc(F)cc1)[C@@H](Cc1ccc(O)cc1)C(=O)N[C@@H]([C]=O)CCCCNC(=O)[C@H](CO)NC(=O)[C@@H](N)Cc1cccs1. The lowest BCUT2D eigenvalue weighted by Crippen LogP contribution is -2.53. The van der Waals surface area contributed by atoms with Crippen molar-refractivity contribution in [3.05, 3.63) is 87.9 Å². The van der Waals surface area contributed by atoms with Crippen molar-refractivity contribution in [3.63, 3.8) is 0 Å². The fourth-order valence-electron chi connectivity index (χ4n) is 4.96. The first-order chi connectivity index (χ1) is 23.5. The zero-order valence-corrected chi connectivity index (χ0v) is 28.1. The van der Waals surface area contributed by atoms with E-state index in [4.69, 9.17) is 5.73 Å². The molecule has 1 aromatic heterocycles. The van der Waals surface area contributed by atoms with Crippen molar-refractivity contribution in [2.45, 2.75) is 69.1 Å². The maximum absolute atomic E-state index is 13.5. The largest absolute Gasteiger partial charge is 0.508 e. The van der Waals surface area contributed by atoms with Gasteiger partial charge in [-0.3, -0.25) is 24.0 Å². The van der Waals surface area contributed by atoms with E-state index in [1.807, 2.05) is 23.8 Å². The van der Waals surface area contributed by atoms with Crippen LogP contribution in [0.15, 0.2) is 66.0 Å². The van der Waals surface area contributed by atoms with Gasteiger partial charge in [0.1, 0.15) is 23.7 Å². The van der Waals surface area contributed by atoms with Gasteiger partial charge in [0, 0.05) is 37.7 Å². The number of phenols is 1. The van der Waals surface area contributed by atoms with Crippen molar-refractivity contribution in [1.82, 2.24) is 20.9 Å². The molecule has 49 heavy (non-hydrogen) atoms. The van der Waals surface area contributed by atoms with Crippen LogP contribution in [0, 0.1) is 5.82 Å². The van der Waals surface area contributed by atoms with E-state index in [0.29, 0.717) is 31.2 Å². The van der Waals surface area contributed by atoms with Crippen LogP contribution >= 0.6 is 11.3 Å². The van der Waals surface area contributed by atoms with Crippen LogP contribution in [0.1, 0.15) is 41.7 Å². The predicted molar refractivity (Wildman–Crippen MR) is 183 cm³/mol. The normalized spacial score (nSPS) is 13.4. The number of unbranched alkanes of at least 4 members (excludes halogenated alkanes) is 1. The second-order valence-corrected chi connectivity index (χ2v) is 12.6. The Hall–Kier alpha value is -4.66. The molecule has 3 aromatic rings. The van der Waals surface area contributed by atoms with Crippen LogP contribution in [-0.2, 0) is 43.2 Å². The number of aromatic hydroxyl groups is 1. The highest BCUT2D eigenvalue weighted by molar-refractivity contribution is 7.09. The number of carbonyl (C=O) groups is 4. The number of benzene rings is 2. The highest BCUT2D eigenvalue weighted by Gasteiger charge is 2.29. The quantitative estimate of drug-likeness (QED) is 0.0959. The van der Waals surface area contributed by atoms with Gasteiger partial charge >= 0.3 is 0 Å². The molecule has 4 amide bonds. The number of hydrogen-bond acceptors (Lipinski definition) is 9. The first kappa shape index (κ1) is 38.8. The number of rotatable bonds is 20. The molecule has 2 aromatic carbocycles. The number of aryl methyl sites for hydroxylation is 1. The number of aliphatic hydroxyl groups excluding tert-OH is 1. The molecule has 12 nitrogen and oxygen atoms in total. The lowest BCUT2D eigenvalue weighted by Gasteiger charge is -2.28. The summed E-state index contributed by atoms with van der Waals surface area (Å²) >= 11 is 1.46. The van der Waals surface area contributed by atoms with Crippen molar-refractivity contribution in [1.29, 1.82) is 0 Å². The van der Waals surface area contributed by atoms with Crippen molar-refractivity contribution in [2.24, 2.45) is 5.73 Å². The number of likely N-dealkylation sites (N-methyl/N-ethyl adjacent to an activating group) is 1. The van der Waals surface area contributed by atoms with E-state index in [-0.39, 0.29) is 43.3 Å². The highest BCUT2D eigenvalue weighted by Crippen LogP contribution is 2.16. The van der Waals surface area contributed by atoms with Gasteiger partial charge in [0.25, 0.3) is 0 Å². The van der Waals surface area contributed by atoms with Crippen LogP contribution in [0.3, 0.4) is 0 Å². The second-order valence-electron chi connectivity index (χ2n) is 11.6. The minimum Gasteiger partial charge on any atom is -0.508 e. The summed E-state index contributed by atoms with van der Waals surface area (Å²) in [7, 11) is 1.50. The number of thiophene rings is 1. The second kappa shape index (κ2) is 20.0. The molecule has 1 heterocycles. The molecule has 263 valence electrons. The molecule has 4 atom stereocenters. The van der Waals surface area contributed by atoms with E-state index >= 15 is 0 Å².